The highest BCUT2D eigenvalue weighted by atomic mass is 32.2. The van der Waals surface area contributed by atoms with Crippen molar-refractivity contribution in [2.24, 2.45) is 5.73 Å². The molecule has 6 nitrogen and oxygen atoms in total. The van der Waals surface area contributed by atoms with Gasteiger partial charge in [-0.25, -0.2) is 13.1 Å². The topological polar surface area (TPSA) is 94.6 Å². The molecule has 1 aromatic heterocycles. The molecular weight excluding hydrogens is 268 g/mol. The van der Waals surface area contributed by atoms with Gasteiger partial charge in [-0.1, -0.05) is 0 Å². The zero-order valence-electron chi connectivity index (χ0n) is 11.2. The van der Waals surface area contributed by atoms with Gasteiger partial charge in [-0.05, 0) is 26.2 Å². The molecule has 1 aromatic rings. The molecule has 1 heterocycles. The number of furan rings is 1. The number of ether oxygens (including phenoxy) is 1. The summed E-state index contributed by atoms with van der Waals surface area (Å²) in [5.74, 6) is 0.841. The first-order valence-electron chi connectivity index (χ1n) is 6.30. The van der Waals surface area contributed by atoms with Crippen molar-refractivity contribution >= 4 is 10.0 Å². The molecule has 108 valence electrons. The maximum absolute atomic E-state index is 12.3. The fourth-order valence-electron chi connectivity index (χ4n) is 2.44. The fourth-order valence-corrected chi connectivity index (χ4v) is 3.92. The normalized spacial score (nSPS) is 23.9. The molecule has 1 aliphatic carbocycles. The van der Waals surface area contributed by atoms with Gasteiger partial charge < -0.3 is 14.9 Å². The van der Waals surface area contributed by atoms with Crippen LogP contribution in [0.4, 0.5) is 0 Å². The Hall–Kier alpha value is -0.890. The molecule has 0 radical (unpaired) electrons. The molecule has 19 heavy (non-hydrogen) atoms. The summed E-state index contributed by atoms with van der Waals surface area (Å²) in [4.78, 5) is 0.175. The van der Waals surface area contributed by atoms with Crippen LogP contribution >= 0.6 is 0 Å². The summed E-state index contributed by atoms with van der Waals surface area (Å²) >= 11 is 0. The standard InChI is InChI=1S/C12H20N2O4S/c1-8-12(6-11(7-13)18-8)19(15,16)14-9-3-4-10(5-9)17-2/h6,9-10,14H,3-5,7,13H2,1-2H3. The van der Waals surface area contributed by atoms with Crippen LogP contribution in [0.5, 0.6) is 0 Å². The number of sulfonamides is 1. The lowest BCUT2D eigenvalue weighted by Crippen LogP contribution is -2.33. The van der Waals surface area contributed by atoms with E-state index in [2.05, 4.69) is 4.72 Å². The summed E-state index contributed by atoms with van der Waals surface area (Å²) in [7, 11) is -1.90. The third-order valence-corrected chi connectivity index (χ3v) is 5.08. The second kappa shape index (κ2) is 5.62. The van der Waals surface area contributed by atoms with E-state index in [1.54, 1.807) is 14.0 Å². The van der Waals surface area contributed by atoms with E-state index in [0.29, 0.717) is 17.9 Å². The zero-order valence-corrected chi connectivity index (χ0v) is 12.0. The second-order valence-electron chi connectivity index (χ2n) is 4.83. The monoisotopic (exact) mass is 288 g/mol. The van der Waals surface area contributed by atoms with Gasteiger partial charge >= 0.3 is 0 Å². The fraction of sp³-hybridized carbons (Fsp3) is 0.667. The Morgan fingerprint density at radius 1 is 1.53 bits per heavy atom. The number of aryl methyl sites for hydroxylation is 1. The first kappa shape index (κ1) is 14.5. The number of methoxy groups -OCH3 is 1. The summed E-state index contributed by atoms with van der Waals surface area (Å²) < 4.78 is 37.8. The minimum Gasteiger partial charge on any atom is -0.464 e. The second-order valence-corrected chi connectivity index (χ2v) is 6.51. The molecule has 1 saturated carbocycles. The van der Waals surface area contributed by atoms with Gasteiger partial charge in [0.25, 0.3) is 0 Å². The van der Waals surface area contributed by atoms with Crippen molar-refractivity contribution in [1.29, 1.82) is 0 Å². The molecule has 1 aliphatic rings. The van der Waals surface area contributed by atoms with Crippen LogP contribution in [0.1, 0.15) is 30.8 Å². The van der Waals surface area contributed by atoms with Crippen molar-refractivity contribution in [2.45, 2.75) is 49.8 Å². The Morgan fingerprint density at radius 3 is 2.79 bits per heavy atom. The third kappa shape index (κ3) is 3.17. The van der Waals surface area contributed by atoms with Gasteiger partial charge in [0.1, 0.15) is 16.4 Å². The van der Waals surface area contributed by atoms with Crippen molar-refractivity contribution < 1.29 is 17.6 Å². The SMILES string of the molecule is COC1CCC(NS(=O)(=O)c2cc(CN)oc2C)C1. The molecule has 0 spiro atoms. The highest BCUT2D eigenvalue weighted by Crippen LogP contribution is 2.25. The lowest BCUT2D eigenvalue weighted by Gasteiger charge is -2.12. The summed E-state index contributed by atoms with van der Waals surface area (Å²) in [5, 5.41) is 0. The predicted molar refractivity (Wildman–Crippen MR) is 70.1 cm³/mol. The number of nitrogens with two attached hydrogens (primary N) is 1. The van der Waals surface area contributed by atoms with Crippen LogP contribution in [0.15, 0.2) is 15.4 Å². The van der Waals surface area contributed by atoms with Gasteiger partial charge in [-0.2, -0.15) is 0 Å². The van der Waals surface area contributed by atoms with Gasteiger partial charge in [0, 0.05) is 19.2 Å². The number of hydrogen-bond donors (Lipinski definition) is 2. The molecule has 0 aromatic carbocycles. The zero-order chi connectivity index (χ0) is 14.0. The van der Waals surface area contributed by atoms with E-state index < -0.39 is 10.0 Å². The number of hydrogen-bond acceptors (Lipinski definition) is 5. The number of rotatable bonds is 5. The van der Waals surface area contributed by atoms with E-state index in [-0.39, 0.29) is 23.6 Å². The van der Waals surface area contributed by atoms with Crippen LogP contribution in [0.2, 0.25) is 0 Å². The molecule has 0 aliphatic heterocycles. The average molecular weight is 288 g/mol. The molecule has 3 N–H and O–H groups in total. The van der Waals surface area contributed by atoms with E-state index in [9.17, 15) is 8.42 Å². The Morgan fingerprint density at radius 2 is 2.26 bits per heavy atom. The lowest BCUT2D eigenvalue weighted by atomic mass is 10.3. The summed E-state index contributed by atoms with van der Waals surface area (Å²) in [5.41, 5.74) is 5.45. The molecule has 7 heteroatoms. The number of nitrogens with one attached hydrogen (secondary N) is 1. The molecule has 0 bridgehead atoms. The maximum atomic E-state index is 12.3. The van der Waals surface area contributed by atoms with Gasteiger partial charge in [0.2, 0.25) is 10.0 Å². The lowest BCUT2D eigenvalue weighted by molar-refractivity contribution is 0.107. The van der Waals surface area contributed by atoms with Crippen molar-refractivity contribution in [3.63, 3.8) is 0 Å². The van der Waals surface area contributed by atoms with E-state index in [4.69, 9.17) is 14.9 Å². The Kier molecular flexibility index (Phi) is 4.29. The third-order valence-electron chi connectivity index (χ3n) is 3.45. The van der Waals surface area contributed by atoms with Gasteiger partial charge in [-0.3, -0.25) is 0 Å². The van der Waals surface area contributed by atoms with E-state index in [1.165, 1.54) is 6.07 Å². The van der Waals surface area contributed by atoms with Crippen LogP contribution in [0, 0.1) is 6.92 Å². The Bertz CT molecular complexity index is 538. The molecular formula is C12H20N2O4S. The molecule has 1 fully saturated rings. The largest absolute Gasteiger partial charge is 0.464 e. The van der Waals surface area contributed by atoms with Crippen molar-refractivity contribution in [3.05, 3.63) is 17.6 Å². The van der Waals surface area contributed by atoms with Crippen molar-refractivity contribution in [1.82, 2.24) is 4.72 Å². The highest BCUT2D eigenvalue weighted by Gasteiger charge is 2.30. The molecule has 0 saturated heterocycles. The van der Waals surface area contributed by atoms with Crippen LogP contribution in [-0.4, -0.2) is 27.7 Å². The van der Waals surface area contributed by atoms with E-state index in [1.807, 2.05) is 0 Å². The van der Waals surface area contributed by atoms with Crippen molar-refractivity contribution in [3.8, 4) is 0 Å². The minimum atomic E-state index is -3.55. The molecule has 0 amide bonds. The van der Waals surface area contributed by atoms with Gasteiger partial charge in [-0.15, -0.1) is 0 Å². The molecule has 2 unspecified atom stereocenters. The van der Waals surface area contributed by atoms with Crippen molar-refractivity contribution in [2.75, 3.05) is 7.11 Å². The highest BCUT2D eigenvalue weighted by molar-refractivity contribution is 7.89. The average Bonchev–Trinajstić information content (AvgIpc) is 2.95. The quantitative estimate of drug-likeness (QED) is 0.839. The molecule has 2 rings (SSSR count). The first-order valence-corrected chi connectivity index (χ1v) is 7.79. The predicted octanol–water partition coefficient (Wildman–Crippen LogP) is 0.893. The Balaban J connectivity index is 2.12. The summed E-state index contributed by atoms with van der Waals surface area (Å²) in [6.45, 7) is 1.81. The van der Waals surface area contributed by atoms with Crippen LogP contribution in [0.3, 0.4) is 0 Å². The smallest absolute Gasteiger partial charge is 0.244 e. The summed E-state index contributed by atoms with van der Waals surface area (Å²) in [6.07, 6.45) is 2.51. The Labute approximate surface area is 113 Å². The first-order chi connectivity index (χ1) is 8.96. The van der Waals surface area contributed by atoms with Crippen LogP contribution in [0.25, 0.3) is 0 Å². The van der Waals surface area contributed by atoms with Crippen LogP contribution in [-0.2, 0) is 21.3 Å². The maximum Gasteiger partial charge on any atom is 0.244 e. The minimum absolute atomic E-state index is 0.0782. The summed E-state index contributed by atoms with van der Waals surface area (Å²) in [6, 6.07) is 1.41. The van der Waals surface area contributed by atoms with E-state index >= 15 is 0 Å². The molecule has 2 atom stereocenters. The van der Waals surface area contributed by atoms with E-state index in [0.717, 1.165) is 12.8 Å². The van der Waals surface area contributed by atoms with Crippen LogP contribution < -0.4 is 10.5 Å². The van der Waals surface area contributed by atoms with Gasteiger partial charge in [0.05, 0.1) is 12.6 Å². The van der Waals surface area contributed by atoms with Gasteiger partial charge in [0.15, 0.2) is 0 Å².